The molecule has 1 aromatic carbocycles. The molecule has 0 atom stereocenters. The molecule has 0 bridgehead atoms. The van der Waals surface area contributed by atoms with Gasteiger partial charge in [-0.05, 0) is 25.1 Å². The van der Waals surface area contributed by atoms with Crippen molar-refractivity contribution < 1.29 is 31.1 Å². The van der Waals surface area contributed by atoms with E-state index in [0.717, 1.165) is 18.2 Å². The van der Waals surface area contributed by atoms with Gasteiger partial charge in [0.2, 0.25) is 9.84 Å². The molecule has 0 saturated heterocycles. The molecule has 0 aliphatic rings. The van der Waals surface area contributed by atoms with Gasteiger partial charge in [0.05, 0.1) is 17.9 Å². The molecule has 0 spiro atoms. The minimum Gasteiger partial charge on any atom is -0.462 e. The summed E-state index contributed by atoms with van der Waals surface area (Å²) in [5, 5.41) is 0. The van der Waals surface area contributed by atoms with E-state index in [-0.39, 0.29) is 12.2 Å². The van der Waals surface area contributed by atoms with Crippen LogP contribution in [0.4, 0.5) is 13.2 Å². The number of hydrogen-bond acceptors (Lipinski definition) is 4. The number of benzene rings is 1. The summed E-state index contributed by atoms with van der Waals surface area (Å²) in [5.41, 5.74) is -0.589. The van der Waals surface area contributed by atoms with E-state index in [2.05, 4.69) is 4.74 Å². The van der Waals surface area contributed by atoms with Crippen LogP contribution in [-0.2, 0) is 20.3 Å². The van der Waals surface area contributed by atoms with Crippen molar-refractivity contribution in [3.05, 3.63) is 35.1 Å². The molecular weight excluding hydrogens is 285 g/mol. The molecule has 0 N–H and O–H groups in total. The lowest BCUT2D eigenvalue weighted by molar-refractivity contribution is 0.0526. The van der Waals surface area contributed by atoms with Crippen LogP contribution in [0.5, 0.6) is 0 Å². The number of alkyl halides is 2. The normalized spacial score (nSPS) is 11.6. The first kappa shape index (κ1) is 15.5. The number of halogens is 3. The second-order valence-electron chi connectivity index (χ2n) is 3.59. The van der Waals surface area contributed by atoms with E-state index >= 15 is 0 Å². The quantitative estimate of drug-likeness (QED) is 0.781. The molecular formula is C11H11F3O4S. The Balaban J connectivity index is 3.08. The van der Waals surface area contributed by atoms with Gasteiger partial charge < -0.3 is 4.74 Å². The van der Waals surface area contributed by atoms with E-state index in [0.29, 0.717) is 0 Å². The Bertz CT molecular complexity index is 569. The Hall–Kier alpha value is -1.57. The summed E-state index contributed by atoms with van der Waals surface area (Å²) in [6.45, 7) is 1.64. The Morgan fingerprint density at radius 3 is 2.53 bits per heavy atom. The van der Waals surface area contributed by atoms with Crippen LogP contribution in [0.2, 0.25) is 0 Å². The molecule has 0 aliphatic carbocycles. The first-order chi connectivity index (χ1) is 8.77. The van der Waals surface area contributed by atoms with Crippen LogP contribution in [0.3, 0.4) is 0 Å². The largest absolute Gasteiger partial charge is 0.462 e. The molecule has 8 heteroatoms. The van der Waals surface area contributed by atoms with Crippen molar-refractivity contribution in [3.8, 4) is 0 Å². The third-order valence-electron chi connectivity index (χ3n) is 2.19. The third-order valence-corrected chi connectivity index (χ3v) is 3.44. The van der Waals surface area contributed by atoms with Crippen LogP contribution in [0.15, 0.2) is 18.2 Å². The summed E-state index contributed by atoms with van der Waals surface area (Å²) in [4.78, 5) is 11.4. The van der Waals surface area contributed by atoms with E-state index < -0.39 is 38.7 Å². The minimum atomic E-state index is -4.75. The van der Waals surface area contributed by atoms with Crippen LogP contribution in [0.1, 0.15) is 22.8 Å². The molecule has 0 aromatic heterocycles. The highest BCUT2D eigenvalue weighted by Gasteiger charge is 2.26. The summed E-state index contributed by atoms with van der Waals surface area (Å²) in [6.07, 6.45) is 0. The van der Waals surface area contributed by atoms with Gasteiger partial charge in [0.1, 0.15) is 5.82 Å². The highest BCUT2D eigenvalue weighted by Crippen LogP contribution is 2.18. The molecule has 0 fully saturated rings. The number of rotatable bonds is 5. The van der Waals surface area contributed by atoms with Crippen molar-refractivity contribution in [1.82, 2.24) is 0 Å². The summed E-state index contributed by atoms with van der Waals surface area (Å²) in [5.74, 6) is -6.53. The van der Waals surface area contributed by atoms with Gasteiger partial charge in [-0.3, -0.25) is 0 Å². The smallest absolute Gasteiger partial charge is 0.338 e. The molecule has 0 heterocycles. The Labute approximate surface area is 108 Å². The number of carbonyl (C=O) groups is 1. The van der Waals surface area contributed by atoms with E-state index in [4.69, 9.17) is 0 Å². The Morgan fingerprint density at radius 2 is 2.00 bits per heavy atom. The van der Waals surface area contributed by atoms with E-state index in [1.807, 2.05) is 0 Å². The molecule has 0 amide bonds. The number of ether oxygens (including phenoxy) is 1. The van der Waals surface area contributed by atoms with Gasteiger partial charge in [-0.15, -0.1) is 0 Å². The van der Waals surface area contributed by atoms with Gasteiger partial charge in [0.15, 0.2) is 0 Å². The predicted octanol–water partition coefficient (Wildman–Crippen LogP) is 2.14. The van der Waals surface area contributed by atoms with E-state index in [9.17, 15) is 26.4 Å². The van der Waals surface area contributed by atoms with E-state index in [1.54, 1.807) is 6.92 Å². The van der Waals surface area contributed by atoms with Crippen molar-refractivity contribution in [3.63, 3.8) is 0 Å². The van der Waals surface area contributed by atoms with Crippen molar-refractivity contribution in [2.45, 2.75) is 18.4 Å². The third kappa shape index (κ3) is 3.95. The molecule has 19 heavy (non-hydrogen) atoms. The predicted molar refractivity (Wildman–Crippen MR) is 61.0 cm³/mol. The van der Waals surface area contributed by atoms with Gasteiger partial charge in [0, 0.05) is 5.56 Å². The van der Waals surface area contributed by atoms with Crippen LogP contribution in [0, 0.1) is 5.82 Å². The fraction of sp³-hybridized carbons (Fsp3) is 0.364. The minimum absolute atomic E-state index is 0.0842. The second-order valence-corrected chi connectivity index (χ2v) is 5.57. The number of carbonyl (C=O) groups excluding carboxylic acids is 1. The average molecular weight is 296 g/mol. The van der Waals surface area contributed by atoms with Crippen LogP contribution >= 0.6 is 0 Å². The van der Waals surface area contributed by atoms with Crippen molar-refractivity contribution >= 4 is 15.8 Å². The summed E-state index contributed by atoms with van der Waals surface area (Å²) in [7, 11) is -4.75. The molecule has 0 unspecified atom stereocenters. The first-order valence-corrected chi connectivity index (χ1v) is 6.94. The maximum absolute atomic E-state index is 13.4. The Morgan fingerprint density at radius 1 is 1.37 bits per heavy atom. The summed E-state index contributed by atoms with van der Waals surface area (Å²) in [6, 6.07) is 2.82. The molecule has 106 valence electrons. The number of sulfone groups is 1. The second kappa shape index (κ2) is 6.05. The van der Waals surface area contributed by atoms with Gasteiger partial charge in [-0.1, -0.05) is 0 Å². The van der Waals surface area contributed by atoms with Gasteiger partial charge in [-0.2, -0.15) is 8.78 Å². The summed E-state index contributed by atoms with van der Waals surface area (Å²) < 4.78 is 64.5. The van der Waals surface area contributed by atoms with E-state index in [1.165, 1.54) is 0 Å². The van der Waals surface area contributed by atoms with Crippen LogP contribution in [-0.4, -0.2) is 26.8 Å². The zero-order chi connectivity index (χ0) is 14.6. The lowest BCUT2D eigenvalue weighted by atomic mass is 10.1. The number of esters is 1. The maximum Gasteiger partial charge on any atom is 0.338 e. The zero-order valence-electron chi connectivity index (χ0n) is 9.90. The molecule has 0 aliphatic heterocycles. The highest BCUT2D eigenvalue weighted by atomic mass is 32.2. The average Bonchev–Trinajstić information content (AvgIpc) is 2.31. The maximum atomic E-state index is 13.4. The van der Waals surface area contributed by atoms with Gasteiger partial charge in [-0.25, -0.2) is 17.6 Å². The zero-order valence-corrected chi connectivity index (χ0v) is 10.7. The standard InChI is InChI=1S/C11H11F3O4S/c1-2-18-10(15)7-3-4-9(12)8(5-7)6-19(16,17)11(13)14/h3-5,11H,2,6H2,1H3. The molecule has 4 nitrogen and oxygen atoms in total. The molecule has 1 rings (SSSR count). The molecule has 0 radical (unpaired) electrons. The topological polar surface area (TPSA) is 60.4 Å². The lowest BCUT2D eigenvalue weighted by Gasteiger charge is -2.07. The monoisotopic (exact) mass is 296 g/mol. The molecule has 1 aromatic rings. The Kier molecular flexibility index (Phi) is 4.93. The van der Waals surface area contributed by atoms with Crippen LogP contribution < -0.4 is 0 Å². The van der Waals surface area contributed by atoms with Crippen molar-refractivity contribution in [1.29, 1.82) is 0 Å². The van der Waals surface area contributed by atoms with Gasteiger partial charge >= 0.3 is 11.7 Å². The van der Waals surface area contributed by atoms with Gasteiger partial charge in [0.25, 0.3) is 0 Å². The fourth-order valence-electron chi connectivity index (χ4n) is 1.31. The summed E-state index contributed by atoms with van der Waals surface area (Å²) >= 11 is 0. The number of hydrogen-bond donors (Lipinski definition) is 0. The molecule has 0 saturated carbocycles. The SMILES string of the molecule is CCOC(=O)c1ccc(F)c(CS(=O)(=O)C(F)F)c1. The van der Waals surface area contributed by atoms with Crippen molar-refractivity contribution in [2.24, 2.45) is 0 Å². The fourth-order valence-corrected chi connectivity index (χ4v) is 2.09. The lowest BCUT2D eigenvalue weighted by Crippen LogP contribution is -2.15. The highest BCUT2D eigenvalue weighted by molar-refractivity contribution is 7.90. The van der Waals surface area contributed by atoms with Crippen LogP contribution in [0.25, 0.3) is 0 Å². The first-order valence-electron chi connectivity index (χ1n) is 5.23. The van der Waals surface area contributed by atoms with Crippen molar-refractivity contribution in [2.75, 3.05) is 6.61 Å².